The standard InChI is InChI=1S/C17H18N6O2S2/c1-9(27-17-21-13(18)7-14(19)22-17)15(24)23-16-20-12(8-26-16)10-3-5-11(25-2)6-4-10/h3-9H,1-2H3,(H,20,23,24)(H4,18,19,21,22). The Balaban J connectivity index is 1.64. The quantitative estimate of drug-likeness (QED) is 0.424. The Labute approximate surface area is 164 Å². The van der Waals surface area contributed by atoms with E-state index in [9.17, 15) is 4.79 Å². The summed E-state index contributed by atoms with van der Waals surface area (Å²) in [5.74, 6) is 1.10. The summed E-state index contributed by atoms with van der Waals surface area (Å²) in [6.45, 7) is 1.75. The third kappa shape index (κ3) is 4.86. The Hall–Kier alpha value is -2.85. The number of nitrogen functional groups attached to an aromatic ring is 2. The first-order valence-corrected chi connectivity index (χ1v) is 9.68. The largest absolute Gasteiger partial charge is 0.497 e. The molecule has 2 heterocycles. The molecule has 1 atom stereocenters. The van der Waals surface area contributed by atoms with E-state index in [-0.39, 0.29) is 17.5 Å². The van der Waals surface area contributed by atoms with Gasteiger partial charge in [0.25, 0.3) is 0 Å². The topological polar surface area (TPSA) is 129 Å². The zero-order valence-corrected chi connectivity index (χ0v) is 16.3. The number of nitrogens with zero attached hydrogens (tertiary/aromatic N) is 3. The fourth-order valence-corrected chi connectivity index (χ4v) is 3.68. The smallest absolute Gasteiger partial charge is 0.239 e. The molecule has 27 heavy (non-hydrogen) atoms. The van der Waals surface area contributed by atoms with E-state index in [2.05, 4.69) is 20.3 Å². The van der Waals surface area contributed by atoms with Crippen molar-refractivity contribution in [2.45, 2.75) is 17.3 Å². The van der Waals surface area contributed by atoms with E-state index >= 15 is 0 Å². The lowest BCUT2D eigenvalue weighted by molar-refractivity contribution is -0.115. The third-order valence-electron chi connectivity index (χ3n) is 3.52. The number of ether oxygens (including phenoxy) is 1. The minimum Gasteiger partial charge on any atom is -0.497 e. The second-order valence-electron chi connectivity index (χ2n) is 5.52. The summed E-state index contributed by atoms with van der Waals surface area (Å²) in [4.78, 5) is 25.0. The molecule has 0 bridgehead atoms. The molecule has 8 nitrogen and oxygen atoms in total. The van der Waals surface area contributed by atoms with Crippen molar-refractivity contribution in [1.29, 1.82) is 0 Å². The Morgan fingerprint density at radius 3 is 2.48 bits per heavy atom. The average Bonchev–Trinajstić information content (AvgIpc) is 3.09. The lowest BCUT2D eigenvalue weighted by Gasteiger charge is -2.10. The van der Waals surface area contributed by atoms with E-state index in [1.54, 1.807) is 14.0 Å². The highest BCUT2D eigenvalue weighted by molar-refractivity contribution is 8.00. The summed E-state index contributed by atoms with van der Waals surface area (Å²) < 4.78 is 5.15. The molecule has 2 aromatic heterocycles. The highest BCUT2D eigenvalue weighted by atomic mass is 32.2. The second kappa shape index (κ2) is 8.23. The molecule has 3 rings (SSSR count). The second-order valence-corrected chi connectivity index (χ2v) is 7.68. The molecular weight excluding hydrogens is 384 g/mol. The number of anilines is 3. The van der Waals surface area contributed by atoms with E-state index in [0.717, 1.165) is 17.0 Å². The number of benzene rings is 1. The molecule has 1 unspecified atom stereocenters. The van der Waals surface area contributed by atoms with Crippen molar-refractivity contribution >= 4 is 45.8 Å². The minimum atomic E-state index is -0.445. The fourth-order valence-electron chi connectivity index (χ4n) is 2.16. The van der Waals surface area contributed by atoms with Gasteiger partial charge < -0.3 is 21.5 Å². The number of hydrogen-bond acceptors (Lipinski definition) is 9. The number of nitrogens with two attached hydrogens (primary N) is 2. The molecule has 0 spiro atoms. The van der Waals surface area contributed by atoms with Crippen LogP contribution in [0.5, 0.6) is 5.75 Å². The molecule has 0 aliphatic carbocycles. The summed E-state index contributed by atoms with van der Waals surface area (Å²) in [6.07, 6.45) is 0. The van der Waals surface area contributed by atoms with Crippen LogP contribution in [-0.4, -0.2) is 33.2 Å². The number of rotatable bonds is 6. The van der Waals surface area contributed by atoms with Gasteiger partial charge in [0.05, 0.1) is 18.1 Å². The first kappa shape index (κ1) is 18.9. The molecule has 3 aromatic rings. The molecule has 0 aliphatic heterocycles. The molecule has 0 radical (unpaired) electrons. The molecule has 1 aromatic carbocycles. The van der Waals surface area contributed by atoms with Crippen molar-refractivity contribution in [3.8, 4) is 17.0 Å². The van der Waals surface area contributed by atoms with Crippen molar-refractivity contribution in [1.82, 2.24) is 15.0 Å². The van der Waals surface area contributed by atoms with Crippen LogP contribution in [0.3, 0.4) is 0 Å². The van der Waals surface area contributed by atoms with Gasteiger partial charge in [-0.25, -0.2) is 15.0 Å². The van der Waals surface area contributed by atoms with Gasteiger partial charge in [-0.05, 0) is 31.2 Å². The van der Waals surface area contributed by atoms with Gasteiger partial charge in [0.2, 0.25) is 5.91 Å². The van der Waals surface area contributed by atoms with Gasteiger partial charge in [-0.3, -0.25) is 4.79 Å². The molecule has 0 saturated carbocycles. The number of carbonyl (C=O) groups excluding carboxylic acids is 1. The number of amides is 1. The van der Waals surface area contributed by atoms with Gasteiger partial charge in [0.15, 0.2) is 10.3 Å². The van der Waals surface area contributed by atoms with E-state index in [0.29, 0.717) is 10.3 Å². The number of carbonyl (C=O) groups is 1. The molecule has 10 heteroatoms. The van der Waals surface area contributed by atoms with Crippen molar-refractivity contribution in [2.24, 2.45) is 0 Å². The van der Waals surface area contributed by atoms with Crippen LogP contribution in [0.15, 0.2) is 40.9 Å². The van der Waals surface area contributed by atoms with Gasteiger partial charge >= 0.3 is 0 Å². The van der Waals surface area contributed by atoms with E-state index in [1.807, 2.05) is 29.6 Å². The maximum Gasteiger partial charge on any atom is 0.239 e. The van der Waals surface area contributed by atoms with Gasteiger partial charge in [0, 0.05) is 17.0 Å². The van der Waals surface area contributed by atoms with Crippen molar-refractivity contribution in [2.75, 3.05) is 23.9 Å². The lowest BCUT2D eigenvalue weighted by atomic mass is 10.2. The van der Waals surface area contributed by atoms with Crippen LogP contribution >= 0.6 is 23.1 Å². The van der Waals surface area contributed by atoms with Gasteiger partial charge in [-0.15, -0.1) is 11.3 Å². The Morgan fingerprint density at radius 1 is 1.19 bits per heavy atom. The molecule has 140 valence electrons. The van der Waals surface area contributed by atoms with E-state index < -0.39 is 5.25 Å². The summed E-state index contributed by atoms with van der Waals surface area (Å²) >= 11 is 2.53. The Bertz CT molecular complexity index is 925. The highest BCUT2D eigenvalue weighted by Crippen LogP contribution is 2.28. The van der Waals surface area contributed by atoms with Crippen LogP contribution in [0.1, 0.15) is 6.92 Å². The Morgan fingerprint density at radius 2 is 1.85 bits per heavy atom. The van der Waals surface area contributed by atoms with Crippen LogP contribution < -0.4 is 21.5 Å². The average molecular weight is 403 g/mol. The van der Waals surface area contributed by atoms with Crippen molar-refractivity contribution in [3.63, 3.8) is 0 Å². The monoisotopic (exact) mass is 402 g/mol. The van der Waals surface area contributed by atoms with Crippen molar-refractivity contribution in [3.05, 3.63) is 35.7 Å². The lowest BCUT2D eigenvalue weighted by Crippen LogP contribution is -2.22. The van der Waals surface area contributed by atoms with E-state index in [4.69, 9.17) is 16.2 Å². The normalized spacial score (nSPS) is 11.8. The van der Waals surface area contributed by atoms with Gasteiger partial charge in [-0.1, -0.05) is 11.8 Å². The summed E-state index contributed by atoms with van der Waals surface area (Å²) in [5, 5.41) is 5.12. The highest BCUT2D eigenvalue weighted by Gasteiger charge is 2.18. The SMILES string of the molecule is COc1ccc(-c2csc(NC(=O)C(C)Sc3nc(N)cc(N)n3)n2)cc1. The predicted octanol–water partition coefficient (Wildman–Crippen LogP) is 2.89. The first-order valence-electron chi connectivity index (χ1n) is 7.92. The van der Waals surface area contributed by atoms with Gasteiger partial charge in [-0.2, -0.15) is 0 Å². The number of hydrogen-bond donors (Lipinski definition) is 3. The molecule has 0 saturated heterocycles. The molecule has 0 aliphatic rings. The summed E-state index contributed by atoms with van der Waals surface area (Å²) in [5.41, 5.74) is 13.0. The van der Waals surface area contributed by atoms with Gasteiger partial charge in [0.1, 0.15) is 17.4 Å². The zero-order valence-electron chi connectivity index (χ0n) is 14.7. The third-order valence-corrected chi connectivity index (χ3v) is 5.24. The summed E-state index contributed by atoms with van der Waals surface area (Å²) in [6, 6.07) is 9.02. The summed E-state index contributed by atoms with van der Waals surface area (Å²) in [7, 11) is 1.62. The van der Waals surface area contributed by atoms with Crippen LogP contribution in [0, 0.1) is 0 Å². The molecule has 0 fully saturated rings. The van der Waals surface area contributed by atoms with Crippen LogP contribution in [0.25, 0.3) is 11.3 Å². The predicted molar refractivity (Wildman–Crippen MR) is 109 cm³/mol. The van der Waals surface area contributed by atoms with Crippen LogP contribution in [0.2, 0.25) is 0 Å². The maximum absolute atomic E-state index is 12.4. The molecule has 1 amide bonds. The van der Waals surface area contributed by atoms with Crippen LogP contribution in [0.4, 0.5) is 16.8 Å². The number of thiazole rings is 1. The number of aromatic nitrogens is 3. The number of nitrogens with one attached hydrogen (secondary N) is 1. The minimum absolute atomic E-state index is 0.208. The molecular formula is C17H18N6O2S2. The van der Waals surface area contributed by atoms with E-state index in [1.165, 1.54) is 29.2 Å². The molecule has 5 N–H and O–H groups in total. The zero-order chi connectivity index (χ0) is 19.4. The first-order chi connectivity index (χ1) is 12.9. The Kier molecular flexibility index (Phi) is 5.77. The number of thioether (sulfide) groups is 1. The fraction of sp³-hybridized carbons (Fsp3) is 0.176. The maximum atomic E-state index is 12.4. The number of methoxy groups -OCH3 is 1. The van der Waals surface area contributed by atoms with Crippen LogP contribution in [-0.2, 0) is 4.79 Å². The van der Waals surface area contributed by atoms with Crippen molar-refractivity contribution < 1.29 is 9.53 Å².